The van der Waals surface area contributed by atoms with E-state index in [2.05, 4.69) is 5.32 Å². The molecule has 0 unspecified atom stereocenters. The number of benzene rings is 1. The van der Waals surface area contributed by atoms with Crippen LogP contribution in [0.2, 0.25) is 0 Å². The van der Waals surface area contributed by atoms with Gasteiger partial charge in [0.15, 0.2) is 0 Å². The summed E-state index contributed by atoms with van der Waals surface area (Å²) in [5.41, 5.74) is 0.888. The molecule has 0 heterocycles. The van der Waals surface area contributed by atoms with Gasteiger partial charge in [0, 0.05) is 27.1 Å². The van der Waals surface area contributed by atoms with E-state index in [1.165, 1.54) is 19.1 Å². The van der Waals surface area contributed by atoms with Crippen molar-refractivity contribution >= 4 is 12.0 Å². The third kappa shape index (κ3) is 6.98. The van der Waals surface area contributed by atoms with Crippen molar-refractivity contribution < 1.29 is 28.5 Å². The first-order valence-electron chi connectivity index (χ1n) is 7.81. The van der Waals surface area contributed by atoms with E-state index in [4.69, 9.17) is 18.9 Å². The fourth-order valence-corrected chi connectivity index (χ4v) is 2.14. The first-order valence-corrected chi connectivity index (χ1v) is 7.81. The van der Waals surface area contributed by atoms with Crippen molar-refractivity contribution in [3.05, 3.63) is 29.8 Å². The third-order valence-electron chi connectivity index (χ3n) is 3.57. The zero-order valence-corrected chi connectivity index (χ0v) is 15.1. The molecule has 140 valence electrons. The molecule has 0 radical (unpaired) electrons. The van der Waals surface area contributed by atoms with Crippen molar-refractivity contribution in [2.24, 2.45) is 0 Å². The smallest absolute Gasteiger partial charge is 0.328 e. The second-order valence-electron chi connectivity index (χ2n) is 5.25. The van der Waals surface area contributed by atoms with Gasteiger partial charge in [-0.1, -0.05) is 12.1 Å². The Morgan fingerprint density at radius 2 is 1.84 bits per heavy atom. The Kier molecular flexibility index (Phi) is 9.34. The van der Waals surface area contributed by atoms with E-state index in [0.717, 1.165) is 11.3 Å². The number of carbonyl (C=O) groups is 2. The molecule has 1 atom stereocenters. The van der Waals surface area contributed by atoms with Crippen LogP contribution >= 0.6 is 0 Å². The summed E-state index contributed by atoms with van der Waals surface area (Å²) < 4.78 is 19.8. The monoisotopic (exact) mass is 354 g/mol. The van der Waals surface area contributed by atoms with Crippen LogP contribution in [0.25, 0.3) is 0 Å². The number of rotatable bonds is 10. The van der Waals surface area contributed by atoms with Crippen LogP contribution in [0, 0.1) is 0 Å². The lowest BCUT2D eigenvalue weighted by molar-refractivity contribution is -0.145. The van der Waals surface area contributed by atoms with Gasteiger partial charge in [-0.15, -0.1) is 0 Å². The minimum Gasteiger partial charge on any atom is -0.497 e. The molecule has 1 N–H and O–H groups in total. The van der Waals surface area contributed by atoms with Gasteiger partial charge in [0.05, 0.1) is 20.8 Å². The summed E-state index contributed by atoms with van der Waals surface area (Å²) >= 11 is 0. The van der Waals surface area contributed by atoms with E-state index in [1.807, 2.05) is 12.1 Å². The molecule has 0 fully saturated rings. The maximum Gasteiger partial charge on any atom is 0.328 e. The molecule has 1 aromatic carbocycles. The summed E-state index contributed by atoms with van der Waals surface area (Å²) in [5, 5.41) is 2.68. The molecule has 1 rings (SSSR count). The largest absolute Gasteiger partial charge is 0.497 e. The van der Waals surface area contributed by atoms with Gasteiger partial charge < -0.3 is 29.2 Å². The van der Waals surface area contributed by atoms with Crippen molar-refractivity contribution in [2.45, 2.75) is 12.5 Å². The molecule has 0 bridgehead atoms. The lowest BCUT2D eigenvalue weighted by atomic mass is 10.0. The van der Waals surface area contributed by atoms with Gasteiger partial charge in [-0.05, 0) is 17.7 Å². The lowest BCUT2D eigenvalue weighted by Gasteiger charge is -2.26. The molecule has 0 aromatic heterocycles. The second kappa shape index (κ2) is 11.3. The number of carbonyl (C=O) groups excluding carboxylic acids is 2. The minimum atomic E-state index is -0.738. The maximum atomic E-state index is 12.2. The van der Waals surface area contributed by atoms with Gasteiger partial charge in [-0.2, -0.15) is 0 Å². The van der Waals surface area contributed by atoms with Crippen LogP contribution in [-0.4, -0.2) is 71.3 Å². The quantitative estimate of drug-likeness (QED) is 0.384. The summed E-state index contributed by atoms with van der Waals surface area (Å²) in [5.74, 6) is 0.240. The summed E-state index contributed by atoms with van der Waals surface area (Å²) in [6.45, 7) is 0.783. The average molecular weight is 354 g/mol. The van der Waals surface area contributed by atoms with Crippen molar-refractivity contribution in [1.29, 1.82) is 0 Å². The molecular formula is C17H26N2O6. The fraction of sp³-hybridized carbons (Fsp3) is 0.529. The van der Waals surface area contributed by atoms with Crippen LogP contribution in [0.15, 0.2) is 24.3 Å². The van der Waals surface area contributed by atoms with Crippen molar-refractivity contribution in [2.75, 3.05) is 48.3 Å². The molecule has 0 aliphatic heterocycles. The van der Waals surface area contributed by atoms with Crippen molar-refractivity contribution in [1.82, 2.24) is 10.2 Å². The normalized spacial score (nSPS) is 11.5. The standard InChI is InChI=1S/C17H26N2O6/c1-19(17(21)18-9-10-25-12-22-2)15(16(20)24-4)11-13-5-7-14(23-3)8-6-13/h5-8,15H,9-12H2,1-4H3,(H,18,21)/t15-/m0/s1. The first kappa shape index (κ1) is 20.7. The third-order valence-corrected chi connectivity index (χ3v) is 3.57. The van der Waals surface area contributed by atoms with Crippen molar-refractivity contribution in [3.8, 4) is 5.75 Å². The summed E-state index contributed by atoms with van der Waals surface area (Å²) in [6.07, 6.45) is 0.334. The Hall–Kier alpha value is -2.32. The Morgan fingerprint density at radius 1 is 1.16 bits per heavy atom. The minimum absolute atomic E-state index is 0.161. The van der Waals surface area contributed by atoms with Crippen molar-refractivity contribution in [3.63, 3.8) is 0 Å². The molecule has 1 aromatic rings. The molecule has 8 nitrogen and oxygen atoms in total. The van der Waals surface area contributed by atoms with Crippen LogP contribution in [0.4, 0.5) is 4.79 Å². The predicted molar refractivity (Wildman–Crippen MR) is 91.5 cm³/mol. The molecular weight excluding hydrogens is 328 g/mol. The van der Waals surface area contributed by atoms with E-state index in [0.29, 0.717) is 19.6 Å². The number of ether oxygens (including phenoxy) is 4. The van der Waals surface area contributed by atoms with E-state index < -0.39 is 12.0 Å². The highest BCUT2D eigenvalue weighted by atomic mass is 16.7. The highest BCUT2D eigenvalue weighted by molar-refractivity contribution is 5.83. The summed E-state index contributed by atoms with van der Waals surface area (Å²) in [4.78, 5) is 25.6. The van der Waals surface area contributed by atoms with E-state index in [1.54, 1.807) is 26.3 Å². The number of nitrogens with zero attached hydrogens (tertiary/aromatic N) is 1. The lowest BCUT2D eigenvalue weighted by Crippen LogP contribution is -2.49. The maximum absolute atomic E-state index is 12.2. The van der Waals surface area contributed by atoms with E-state index in [9.17, 15) is 9.59 Å². The number of hydrogen-bond donors (Lipinski definition) is 1. The van der Waals surface area contributed by atoms with Gasteiger partial charge in [-0.25, -0.2) is 9.59 Å². The van der Waals surface area contributed by atoms with Crippen LogP contribution in [0.5, 0.6) is 5.75 Å². The van der Waals surface area contributed by atoms with Crippen LogP contribution in [0.1, 0.15) is 5.56 Å². The van der Waals surface area contributed by atoms with E-state index in [-0.39, 0.29) is 12.8 Å². The zero-order valence-electron chi connectivity index (χ0n) is 15.1. The highest BCUT2D eigenvalue weighted by Gasteiger charge is 2.27. The number of nitrogens with one attached hydrogen (secondary N) is 1. The van der Waals surface area contributed by atoms with Gasteiger partial charge >= 0.3 is 12.0 Å². The summed E-state index contributed by atoms with van der Waals surface area (Å²) in [6, 6.07) is 6.18. The van der Waals surface area contributed by atoms with Crippen LogP contribution in [0.3, 0.4) is 0 Å². The van der Waals surface area contributed by atoms with E-state index >= 15 is 0 Å². The SMILES string of the molecule is COCOCCNC(=O)N(C)[C@@H](Cc1ccc(OC)cc1)C(=O)OC. The number of likely N-dealkylation sites (N-methyl/N-ethyl adjacent to an activating group) is 1. The fourth-order valence-electron chi connectivity index (χ4n) is 2.14. The zero-order chi connectivity index (χ0) is 18.7. The number of amides is 2. The van der Waals surface area contributed by atoms with Crippen LogP contribution < -0.4 is 10.1 Å². The summed E-state index contributed by atoms with van der Waals surface area (Å²) in [7, 11) is 5.96. The first-order chi connectivity index (χ1) is 12.0. The number of methoxy groups -OCH3 is 3. The highest BCUT2D eigenvalue weighted by Crippen LogP contribution is 2.15. The number of hydrogen-bond acceptors (Lipinski definition) is 6. The Bertz CT molecular complexity index is 534. The molecule has 0 aliphatic carbocycles. The predicted octanol–water partition coefficient (Wildman–Crippen LogP) is 1.04. The number of urea groups is 1. The topological polar surface area (TPSA) is 86.3 Å². The molecule has 0 aliphatic rings. The molecule has 0 saturated heterocycles. The molecule has 0 saturated carbocycles. The molecule has 0 spiro atoms. The van der Waals surface area contributed by atoms with Gasteiger partial charge in [0.1, 0.15) is 18.6 Å². The Labute approximate surface area is 148 Å². The molecule has 25 heavy (non-hydrogen) atoms. The second-order valence-corrected chi connectivity index (χ2v) is 5.25. The molecule has 2 amide bonds. The van der Waals surface area contributed by atoms with Gasteiger partial charge in [-0.3, -0.25) is 0 Å². The molecule has 8 heteroatoms. The van der Waals surface area contributed by atoms with Gasteiger partial charge in [0.2, 0.25) is 0 Å². The van der Waals surface area contributed by atoms with Crippen LogP contribution in [-0.2, 0) is 25.4 Å². The average Bonchev–Trinajstić information content (AvgIpc) is 2.65. The Morgan fingerprint density at radius 3 is 2.40 bits per heavy atom. The number of esters is 1. The Balaban J connectivity index is 2.66. The van der Waals surface area contributed by atoms with Gasteiger partial charge in [0.25, 0.3) is 0 Å².